The topological polar surface area (TPSA) is 55.6 Å². The number of ether oxygens (including phenoxy) is 1. The van der Waals surface area contributed by atoms with Gasteiger partial charge in [-0.05, 0) is 46.5 Å². The average Bonchev–Trinajstić information content (AvgIpc) is 2.27. The van der Waals surface area contributed by atoms with E-state index in [1.807, 2.05) is 20.8 Å². The number of piperidine rings is 1. The van der Waals surface area contributed by atoms with Crippen molar-refractivity contribution >= 4 is 6.09 Å². The Bertz CT molecular complexity index is 292. The summed E-state index contributed by atoms with van der Waals surface area (Å²) in [5.74, 6) is -0.0683. The molecule has 0 aromatic heterocycles. The Kier molecular flexibility index (Phi) is 4.59. The summed E-state index contributed by atoms with van der Waals surface area (Å²) in [4.78, 5) is 13.5. The lowest BCUT2D eigenvalue weighted by Gasteiger charge is -2.38. The number of carbonyl (C=O) groups is 1. The summed E-state index contributed by atoms with van der Waals surface area (Å²) in [5.41, 5.74) is 3.61. The van der Waals surface area contributed by atoms with Gasteiger partial charge in [0.1, 0.15) is 11.3 Å². The van der Waals surface area contributed by atoms with Crippen molar-refractivity contribution in [3.63, 3.8) is 0 Å². The zero-order chi connectivity index (χ0) is 14.0. The fraction of sp³-hybridized carbons (Fsp3) is 0.923. The number of nitrogens with two attached hydrogens (primary N) is 1. The van der Waals surface area contributed by atoms with E-state index in [-0.39, 0.29) is 18.6 Å². The third-order valence-electron chi connectivity index (χ3n) is 3.40. The maximum atomic E-state index is 14.0. The summed E-state index contributed by atoms with van der Waals surface area (Å²) < 4.78 is 19.3. The number of likely N-dealkylation sites (tertiary alicyclic amines) is 1. The zero-order valence-electron chi connectivity index (χ0n) is 11.8. The maximum Gasteiger partial charge on any atom is 0.410 e. The van der Waals surface area contributed by atoms with E-state index in [0.717, 1.165) is 0 Å². The van der Waals surface area contributed by atoms with Gasteiger partial charge in [-0.25, -0.2) is 9.18 Å². The highest BCUT2D eigenvalue weighted by atomic mass is 19.1. The number of amides is 1. The molecule has 4 nitrogen and oxygen atoms in total. The quantitative estimate of drug-likeness (QED) is 0.829. The van der Waals surface area contributed by atoms with E-state index in [4.69, 9.17) is 10.5 Å². The van der Waals surface area contributed by atoms with Crippen LogP contribution >= 0.6 is 0 Å². The molecule has 1 atom stereocenters. The average molecular weight is 260 g/mol. The molecule has 1 heterocycles. The monoisotopic (exact) mass is 260 g/mol. The largest absolute Gasteiger partial charge is 0.444 e. The van der Waals surface area contributed by atoms with Crippen LogP contribution in [0, 0.1) is 5.92 Å². The third kappa shape index (κ3) is 4.12. The molecular weight excluding hydrogens is 235 g/mol. The van der Waals surface area contributed by atoms with Crippen molar-refractivity contribution in [3.8, 4) is 0 Å². The summed E-state index contributed by atoms with van der Waals surface area (Å²) in [6.07, 6.45) is 0.974. The highest BCUT2D eigenvalue weighted by molar-refractivity contribution is 5.68. The van der Waals surface area contributed by atoms with Gasteiger partial charge in [0, 0.05) is 19.6 Å². The minimum Gasteiger partial charge on any atom is -0.444 e. The molecule has 1 fully saturated rings. The molecule has 1 amide bonds. The van der Waals surface area contributed by atoms with Crippen LogP contribution in [0.1, 0.15) is 40.5 Å². The summed E-state index contributed by atoms with van der Waals surface area (Å²) in [6, 6.07) is 0. The van der Waals surface area contributed by atoms with Crippen LogP contribution in [0.3, 0.4) is 0 Å². The normalized spacial score (nSPS) is 21.6. The summed E-state index contributed by atoms with van der Waals surface area (Å²) in [5, 5.41) is 0. The van der Waals surface area contributed by atoms with E-state index in [1.54, 1.807) is 11.8 Å². The molecule has 0 saturated carbocycles. The number of hydrogen-bond acceptors (Lipinski definition) is 3. The molecule has 1 rings (SSSR count). The van der Waals surface area contributed by atoms with Crippen molar-refractivity contribution < 1.29 is 13.9 Å². The predicted molar refractivity (Wildman–Crippen MR) is 69.1 cm³/mol. The van der Waals surface area contributed by atoms with E-state index in [1.165, 1.54) is 0 Å². The number of rotatable bonds is 2. The van der Waals surface area contributed by atoms with Crippen LogP contribution in [0.4, 0.5) is 9.18 Å². The van der Waals surface area contributed by atoms with Crippen molar-refractivity contribution in [1.82, 2.24) is 4.90 Å². The molecule has 5 heteroatoms. The molecule has 1 aliphatic rings. The van der Waals surface area contributed by atoms with Crippen molar-refractivity contribution in [3.05, 3.63) is 0 Å². The Morgan fingerprint density at radius 2 is 1.83 bits per heavy atom. The van der Waals surface area contributed by atoms with Crippen molar-refractivity contribution in [2.75, 3.05) is 19.6 Å². The molecule has 0 bridgehead atoms. The first kappa shape index (κ1) is 15.2. The molecule has 0 aromatic rings. The molecule has 0 aliphatic carbocycles. The number of carbonyl (C=O) groups excluding carboxylic acids is 1. The first-order valence-corrected chi connectivity index (χ1v) is 6.52. The molecule has 18 heavy (non-hydrogen) atoms. The van der Waals surface area contributed by atoms with Gasteiger partial charge in [0.15, 0.2) is 0 Å². The lowest BCUT2D eigenvalue weighted by molar-refractivity contribution is 0.00576. The number of hydrogen-bond donors (Lipinski definition) is 1. The van der Waals surface area contributed by atoms with Gasteiger partial charge in [-0.1, -0.05) is 0 Å². The molecular formula is C13H25FN2O2. The van der Waals surface area contributed by atoms with E-state index >= 15 is 0 Å². The zero-order valence-corrected chi connectivity index (χ0v) is 11.8. The van der Waals surface area contributed by atoms with Crippen LogP contribution in [0.15, 0.2) is 0 Å². The maximum absolute atomic E-state index is 14.0. The Morgan fingerprint density at radius 3 is 2.22 bits per heavy atom. The predicted octanol–water partition coefficient (Wildman–Crippen LogP) is 2.32. The van der Waals surface area contributed by atoms with Crippen LogP contribution in [-0.2, 0) is 4.74 Å². The van der Waals surface area contributed by atoms with Crippen LogP contribution < -0.4 is 5.73 Å². The van der Waals surface area contributed by atoms with Gasteiger partial charge in [0.25, 0.3) is 0 Å². The van der Waals surface area contributed by atoms with E-state index in [9.17, 15) is 9.18 Å². The highest BCUT2D eigenvalue weighted by Gasteiger charge is 2.37. The SMILES string of the molecule is CC(C)(C)OC(=O)N1CCC(C(C)(F)CN)CC1. The van der Waals surface area contributed by atoms with Crippen LogP contribution in [-0.4, -0.2) is 41.9 Å². The van der Waals surface area contributed by atoms with E-state index < -0.39 is 11.3 Å². The lowest BCUT2D eigenvalue weighted by Crippen LogP contribution is -2.47. The van der Waals surface area contributed by atoms with Gasteiger partial charge >= 0.3 is 6.09 Å². The molecule has 1 saturated heterocycles. The van der Waals surface area contributed by atoms with Crippen molar-refractivity contribution in [1.29, 1.82) is 0 Å². The minimum atomic E-state index is -1.33. The smallest absolute Gasteiger partial charge is 0.410 e. The van der Waals surface area contributed by atoms with Gasteiger partial charge in [-0.2, -0.15) is 0 Å². The Balaban J connectivity index is 2.47. The standard InChI is InChI=1S/C13H25FN2O2/c1-12(2,3)18-11(17)16-7-5-10(6-8-16)13(4,14)9-15/h10H,5-9,15H2,1-4H3. The number of nitrogens with zero attached hydrogens (tertiary/aromatic N) is 1. The second-order valence-corrected chi connectivity index (χ2v) is 6.22. The Morgan fingerprint density at radius 1 is 1.33 bits per heavy atom. The summed E-state index contributed by atoms with van der Waals surface area (Å²) in [7, 11) is 0. The summed E-state index contributed by atoms with van der Waals surface area (Å²) >= 11 is 0. The molecule has 2 N–H and O–H groups in total. The van der Waals surface area contributed by atoms with Crippen molar-refractivity contribution in [2.24, 2.45) is 11.7 Å². The van der Waals surface area contributed by atoms with Gasteiger partial charge in [0.2, 0.25) is 0 Å². The molecule has 0 spiro atoms. The third-order valence-corrected chi connectivity index (χ3v) is 3.40. The van der Waals surface area contributed by atoms with Gasteiger partial charge in [0.05, 0.1) is 0 Å². The molecule has 0 aromatic carbocycles. The molecule has 1 unspecified atom stereocenters. The highest BCUT2D eigenvalue weighted by Crippen LogP contribution is 2.31. The lowest BCUT2D eigenvalue weighted by atomic mass is 9.83. The Hall–Kier alpha value is -0.840. The fourth-order valence-corrected chi connectivity index (χ4v) is 2.16. The van der Waals surface area contributed by atoms with Crippen molar-refractivity contribution in [2.45, 2.75) is 51.8 Å². The van der Waals surface area contributed by atoms with Gasteiger partial charge in [-0.15, -0.1) is 0 Å². The van der Waals surface area contributed by atoms with E-state index in [0.29, 0.717) is 25.9 Å². The molecule has 106 valence electrons. The van der Waals surface area contributed by atoms with Crippen LogP contribution in [0.5, 0.6) is 0 Å². The fourth-order valence-electron chi connectivity index (χ4n) is 2.16. The first-order chi connectivity index (χ1) is 8.15. The van der Waals surface area contributed by atoms with Gasteiger partial charge < -0.3 is 15.4 Å². The van der Waals surface area contributed by atoms with Crippen LogP contribution in [0.25, 0.3) is 0 Å². The number of alkyl halides is 1. The van der Waals surface area contributed by atoms with Crippen LogP contribution in [0.2, 0.25) is 0 Å². The molecule has 0 radical (unpaired) electrons. The van der Waals surface area contributed by atoms with Gasteiger partial charge in [-0.3, -0.25) is 0 Å². The first-order valence-electron chi connectivity index (χ1n) is 6.52. The van der Waals surface area contributed by atoms with E-state index in [2.05, 4.69) is 0 Å². The second-order valence-electron chi connectivity index (χ2n) is 6.22. The second kappa shape index (κ2) is 5.43. The number of halogens is 1. The summed E-state index contributed by atoms with van der Waals surface area (Å²) in [6.45, 7) is 8.17. The molecule has 1 aliphatic heterocycles. The minimum absolute atomic E-state index is 0.0318. The Labute approximate surface area is 109 Å².